The maximum atomic E-state index is 12.4. The minimum Gasteiger partial charge on any atom is -0.494 e. The summed E-state index contributed by atoms with van der Waals surface area (Å²) in [7, 11) is 0. The van der Waals surface area contributed by atoms with E-state index in [1.165, 1.54) is 24.6 Å². The molecule has 1 atom stereocenters. The van der Waals surface area contributed by atoms with Crippen LogP contribution in [0.25, 0.3) is 0 Å². The number of nitrogens with one attached hydrogen (secondary N) is 1. The van der Waals surface area contributed by atoms with Gasteiger partial charge in [-0.1, -0.05) is 24.6 Å². The molecule has 0 spiro atoms. The molecule has 8 heteroatoms. The number of thioether (sulfide) groups is 1. The van der Waals surface area contributed by atoms with Gasteiger partial charge in [-0.15, -0.1) is 5.10 Å². The van der Waals surface area contributed by atoms with Crippen molar-refractivity contribution >= 4 is 23.4 Å². The second kappa shape index (κ2) is 8.33. The molecule has 0 aliphatic heterocycles. The maximum absolute atomic E-state index is 12.4. The molecule has 2 aromatic rings. The third-order valence-electron chi connectivity index (χ3n) is 4.22. The smallest absolute Gasteiger partial charge is 0.237 e. The Kier molecular flexibility index (Phi) is 5.91. The Morgan fingerprint density at radius 2 is 2.08 bits per heavy atom. The van der Waals surface area contributed by atoms with Crippen molar-refractivity contribution in [2.24, 2.45) is 0 Å². The molecular weight excluding hydrogens is 338 g/mol. The molecule has 1 aliphatic rings. The van der Waals surface area contributed by atoms with Crippen LogP contribution in [0.1, 0.15) is 45.6 Å². The van der Waals surface area contributed by atoms with E-state index in [1.54, 1.807) is 0 Å². The number of carbonyl (C=O) groups excluding carboxylic acids is 1. The van der Waals surface area contributed by atoms with E-state index in [1.807, 2.05) is 42.8 Å². The number of nitrogens with zero attached hydrogens (tertiary/aromatic N) is 4. The molecule has 0 bridgehead atoms. The van der Waals surface area contributed by atoms with Gasteiger partial charge in [0.05, 0.1) is 17.9 Å². The van der Waals surface area contributed by atoms with Crippen molar-refractivity contribution in [1.82, 2.24) is 20.2 Å². The largest absolute Gasteiger partial charge is 0.494 e. The lowest BCUT2D eigenvalue weighted by Gasteiger charge is -2.14. The highest BCUT2D eigenvalue weighted by Crippen LogP contribution is 2.32. The van der Waals surface area contributed by atoms with Gasteiger partial charge in [-0.25, -0.2) is 4.68 Å². The van der Waals surface area contributed by atoms with Crippen LogP contribution >= 0.6 is 11.8 Å². The monoisotopic (exact) mass is 361 g/mol. The van der Waals surface area contributed by atoms with Crippen LogP contribution in [0, 0.1) is 0 Å². The van der Waals surface area contributed by atoms with E-state index in [9.17, 15) is 4.79 Å². The molecule has 134 valence electrons. The Balaban J connectivity index is 1.58. The second-order valence-electron chi connectivity index (χ2n) is 6.05. The van der Waals surface area contributed by atoms with E-state index in [4.69, 9.17) is 4.74 Å². The lowest BCUT2D eigenvalue weighted by molar-refractivity contribution is -0.115. The number of tetrazole rings is 1. The summed E-state index contributed by atoms with van der Waals surface area (Å²) in [6.45, 7) is 4.42. The fraction of sp³-hybridized carbons (Fsp3) is 0.529. The minimum absolute atomic E-state index is 0.0740. The fourth-order valence-electron chi connectivity index (χ4n) is 2.90. The van der Waals surface area contributed by atoms with Crippen molar-refractivity contribution < 1.29 is 9.53 Å². The van der Waals surface area contributed by atoms with E-state index in [0.29, 0.717) is 17.8 Å². The molecule has 1 heterocycles. The van der Waals surface area contributed by atoms with Crippen molar-refractivity contribution in [3.8, 4) is 5.75 Å². The van der Waals surface area contributed by atoms with Gasteiger partial charge in [0.25, 0.3) is 0 Å². The topological polar surface area (TPSA) is 81.9 Å². The average molecular weight is 361 g/mol. The van der Waals surface area contributed by atoms with Crippen LogP contribution in [0.4, 0.5) is 5.69 Å². The third-order valence-corrected chi connectivity index (χ3v) is 5.26. The van der Waals surface area contributed by atoms with Crippen LogP contribution in [-0.4, -0.2) is 38.0 Å². The number of rotatable bonds is 7. The van der Waals surface area contributed by atoms with E-state index < -0.39 is 0 Å². The molecule has 7 nitrogen and oxygen atoms in total. The summed E-state index contributed by atoms with van der Waals surface area (Å²) in [5, 5.41) is 15.3. The SMILES string of the molecule is CCOc1ccc(NC(=O)C(C)Sc2nnnn2C2CCCC2)cc1. The summed E-state index contributed by atoms with van der Waals surface area (Å²) in [6, 6.07) is 7.72. The van der Waals surface area contributed by atoms with Crippen molar-refractivity contribution in [2.45, 2.75) is 56.0 Å². The Hall–Kier alpha value is -2.09. The van der Waals surface area contributed by atoms with E-state index in [-0.39, 0.29) is 11.2 Å². The van der Waals surface area contributed by atoms with Crippen LogP contribution in [0.5, 0.6) is 5.75 Å². The van der Waals surface area contributed by atoms with Crippen LogP contribution in [0.2, 0.25) is 0 Å². The number of hydrogen-bond acceptors (Lipinski definition) is 6. The van der Waals surface area contributed by atoms with E-state index in [0.717, 1.165) is 24.3 Å². The molecular formula is C17H23N5O2S. The van der Waals surface area contributed by atoms with Gasteiger partial charge in [0.15, 0.2) is 0 Å². The zero-order chi connectivity index (χ0) is 17.6. The predicted octanol–water partition coefficient (Wildman–Crippen LogP) is 3.31. The van der Waals surface area contributed by atoms with Crippen LogP contribution in [0.3, 0.4) is 0 Å². The molecule has 1 aromatic heterocycles. The summed E-state index contributed by atoms with van der Waals surface area (Å²) in [6.07, 6.45) is 4.63. The van der Waals surface area contributed by atoms with E-state index in [2.05, 4.69) is 20.8 Å². The highest BCUT2D eigenvalue weighted by atomic mass is 32.2. The molecule has 3 rings (SSSR count). The first-order chi connectivity index (χ1) is 12.2. The van der Waals surface area contributed by atoms with Gasteiger partial charge >= 0.3 is 0 Å². The Labute approximate surface area is 151 Å². The number of ether oxygens (including phenoxy) is 1. The Morgan fingerprint density at radius 3 is 2.76 bits per heavy atom. The van der Waals surface area contributed by atoms with Crippen molar-refractivity contribution in [3.05, 3.63) is 24.3 Å². The molecule has 0 saturated heterocycles. The molecule has 1 aromatic carbocycles. The van der Waals surface area contributed by atoms with Crippen LogP contribution in [0.15, 0.2) is 29.4 Å². The molecule has 0 radical (unpaired) electrons. The van der Waals surface area contributed by atoms with Gasteiger partial charge in [-0.2, -0.15) is 0 Å². The first-order valence-corrected chi connectivity index (χ1v) is 9.53. The van der Waals surface area contributed by atoms with Gasteiger partial charge in [-0.05, 0) is 61.4 Å². The zero-order valence-electron chi connectivity index (χ0n) is 14.5. The summed E-state index contributed by atoms with van der Waals surface area (Å²) >= 11 is 1.39. The zero-order valence-corrected chi connectivity index (χ0v) is 15.3. The second-order valence-corrected chi connectivity index (χ2v) is 7.36. The molecule has 1 N–H and O–H groups in total. The van der Waals surface area contributed by atoms with Crippen molar-refractivity contribution in [1.29, 1.82) is 0 Å². The highest BCUT2D eigenvalue weighted by molar-refractivity contribution is 8.00. The molecule has 1 amide bonds. The minimum atomic E-state index is -0.294. The molecule has 1 aliphatic carbocycles. The summed E-state index contributed by atoms with van der Waals surface area (Å²) in [4.78, 5) is 12.4. The average Bonchev–Trinajstić information content (AvgIpc) is 3.28. The number of carbonyl (C=O) groups is 1. The van der Waals surface area contributed by atoms with Crippen LogP contribution in [-0.2, 0) is 4.79 Å². The number of anilines is 1. The van der Waals surface area contributed by atoms with Gasteiger partial charge in [0.1, 0.15) is 5.75 Å². The molecule has 1 saturated carbocycles. The number of benzene rings is 1. The molecule has 25 heavy (non-hydrogen) atoms. The van der Waals surface area contributed by atoms with Gasteiger partial charge < -0.3 is 10.1 Å². The van der Waals surface area contributed by atoms with Crippen molar-refractivity contribution in [3.63, 3.8) is 0 Å². The van der Waals surface area contributed by atoms with Gasteiger partial charge in [0.2, 0.25) is 11.1 Å². The Bertz CT molecular complexity index is 697. The first-order valence-electron chi connectivity index (χ1n) is 8.65. The first kappa shape index (κ1) is 17.7. The summed E-state index contributed by atoms with van der Waals surface area (Å²) in [5.41, 5.74) is 0.747. The molecule has 1 unspecified atom stereocenters. The lowest BCUT2D eigenvalue weighted by atomic mass is 10.3. The lowest BCUT2D eigenvalue weighted by Crippen LogP contribution is -2.23. The van der Waals surface area contributed by atoms with Crippen LogP contribution < -0.4 is 10.1 Å². The normalized spacial score (nSPS) is 15.9. The highest BCUT2D eigenvalue weighted by Gasteiger charge is 2.24. The number of amides is 1. The fourth-order valence-corrected chi connectivity index (χ4v) is 3.76. The predicted molar refractivity (Wildman–Crippen MR) is 96.9 cm³/mol. The molecule has 1 fully saturated rings. The van der Waals surface area contributed by atoms with E-state index >= 15 is 0 Å². The maximum Gasteiger partial charge on any atom is 0.237 e. The standard InChI is InChI=1S/C17H23N5O2S/c1-3-24-15-10-8-13(9-11-15)18-16(23)12(2)25-17-19-20-21-22(17)14-6-4-5-7-14/h8-12,14H,3-7H2,1-2H3,(H,18,23). The summed E-state index contributed by atoms with van der Waals surface area (Å²) in [5.74, 6) is 0.716. The van der Waals surface area contributed by atoms with Gasteiger partial charge in [0, 0.05) is 5.69 Å². The number of hydrogen-bond donors (Lipinski definition) is 1. The van der Waals surface area contributed by atoms with Crippen molar-refractivity contribution in [2.75, 3.05) is 11.9 Å². The number of aromatic nitrogens is 4. The third kappa shape index (κ3) is 4.50. The summed E-state index contributed by atoms with van der Waals surface area (Å²) < 4.78 is 7.28. The quantitative estimate of drug-likeness (QED) is 0.762. The van der Waals surface area contributed by atoms with Gasteiger partial charge in [-0.3, -0.25) is 4.79 Å². The Morgan fingerprint density at radius 1 is 1.36 bits per heavy atom.